The quantitative estimate of drug-likeness (QED) is 0.769. The molecule has 0 spiro atoms. The molecule has 1 fully saturated rings. The monoisotopic (exact) mass is 343 g/mol. The Morgan fingerprint density at radius 1 is 1.35 bits per heavy atom. The molecule has 1 aromatic rings. The van der Waals surface area contributed by atoms with Crippen molar-refractivity contribution in [3.63, 3.8) is 0 Å². The van der Waals surface area contributed by atoms with Crippen LogP contribution in [0.1, 0.15) is 6.42 Å². The van der Waals surface area contributed by atoms with E-state index in [-0.39, 0.29) is 5.69 Å². The first-order chi connectivity index (χ1) is 10.9. The van der Waals surface area contributed by atoms with Gasteiger partial charge in [-0.05, 0) is 30.6 Å². The molecule has 0 radical (unpaired) electrons. The van der Waals surface area contributed by atoms with Gasteiger partial charge >= 0.3 is 6.03 Å². The van der Waals surface area contributed by atoms with Crippen LogP contribution in [-0.4, -0.2) is 47.3 Å². The number of nitrogens with one attached hydrogen (secondary N) is 2. The summed E-state index contributed by atoms with van der Waals surface area (Å²) >= 11 is 1.54. The smallest absolute Gasteiger partial charge is 0.325 e. The van der Waals surface area contributed by atoms with E-state index < -0.39 is 42.1 Å². The van der Waals surface area contributed by atoms with Crippen molar-refractivity contribution in [2.24, 2.45) is 0 Å². The second kappa shape index (κ2) is 7.40. The summed E-state index contributed by atoms with van der Waals surface area (Å²) in [6.45, 7) is -0.487. The lowest BCUT2D eigenvalue weighted by Crippen LogP contribution is -2.38. The van der Waals surface area contributed by atoms with Gasteiger partial charge in [-0.25, -0.2) is 13.6 Å². The van der Waals surface area contributed by atoms with Crippen molar-refractivity contribution in [1.29, 1.82) is 0 Å². The maximum atomic E-state index is 13.1. The third kappa shape index (κ3) is 4.19. The Balaban J connectivity index is 1.95. The predicted octanol–water partition coefficient (Wildman–Crippen LogP) is 1.58. The highest BCUT2D eigenvalue weighted by molar-refractivity contribution is 7.98. The fraction of sp³-hybridized carbons (Fsp3) is 0.357. The van der Waals surface area contributed by atoms with E-state index in [1.165, 1.54) is 6.07 Å². The van der Waals surface area contributed by atoms with E-state index in [1.807, 2.05) is 6.26 Å². The van der Waals surface area contributed by atoms with Crippen LogP contribution < -0.4 is 10.6 Å². The summed E-state index contributed by atoms with van der Waals surface area (Å²) in [5, 5.41) is 4.82. The number of carbonyl (C=O) groups is 3. The van der Waals surface area contributed by atoms with Crippen LogP contribution in [0.5, 0.6) is 0 Å². The van der Waals surface area contributed by atoms with Crippen LogP contribution in [0, 0.1) is 11.6 Å². The molecule has 1 atom stereocenters. The molecule has 23 heavy (non-hydrogen) atoms. The number of hydrogen-bond acceptors (Lipinski definition) is 4. The summed E-state index contributed by atoms with van der Waals surface area (Å²) in [5.41, 5.74) is 0.0416. The maximum absolute atomic E-state index is 13.1. The molecule has 0 saturated carbocycles. The Kier molecular flexibility index (Phi) is 5.54. The van der Waals surface area contributed by atoms with Crippen molar-refractivity contribution in [1.82, 2.24) is 10.2 Å². The Bertz CT molecular complexity index is 642. The van der Waals surface area contributed by atoms with Gasteiger partial charge in [0.05, 0.1) is 0 Å². The molecule has 0 aromatic heterocycles. The minimum Gasteiger partial charge on any atom is -0.326 e. The van der Waals surface area contributed by atoms with Crippen LogP contribution >= 0.6 is 11.8 Å². The fourth-order valence-corrected chi connectivity index (χ4v) is 2.55. The van der Waals surface area contributed by atoms with Gasteiger partial charge in [0, 0.05) is 11.8 Å². The lowest BCUT2D eigenvalue weighted by atomic mass is 10.2. The Hall–Kier alpha value is -2.16. The van der Waals surface area contributed by atoms with Crippen LogP contribution in [0.2, 0.25) is 0 Å². The highest BCUT2D eigenvalue weighted by atomic mass is 32.2. The fourth-order valence-electron chi connectivity index (χ4n) is 2.08. The van der Waals surface area contributed by atoms with E-state index in [4.69, 9.17) is 0 Å². The summed E-state index contributed by atoms with van der Waals surface area (Å²) in [4.78, 5) is 36.5. The van der Waals surface area contributed by atoms with Crippen molar-refractivity contribution in [3.8, 4) is 0 Å². The summed E-state index contributed by atoms with van der Waals surface area (Å²) < 4.78 is 25.9. The van der Waals surface area contributed by atoms with Crippen molar-refractivity contribution >= 4 is 35.3 Å². The summed E-state index contributed by atoms with van der Waals surface area (Å²) in [7, 11) is 0. The number of benzene rings is 1. The Morgan fingerprint density at radius 3 is 2.74 bits per heavy atom. The predicted molar refractivity (Wildman–Crippen MR) is 82.0 cm³/mol. The first-order valence-corrected chi connectivity index (χ1v) is 8.17. The topological polar surface area (TPSA) is 78.5 Å². The molecule has 2 rings (SSSR count). The molecule has 6 nitrogen and oxygen atoms in total. The minimum absolute atomic E-state index is 0.0416. The van der Waals surface area contributed by atoms with Gasteiger partial charge in [0.2, 0.25) is 5.91 Å². The molecule has 1 saturated heterocycles. The van der Waals surface area contributed by atoms with E-state index >= 15 is 0 Å². The lowest BCUT2D eigenvalue weighted by molar-refractivity contribution is -0.130. The SMILES string of the molecule is CSCC[C@H]1NC(=O)N(CC(=O)Nc2ccc(F)c(F)c2)C1=O. The lowest BCUT2D eigenvalue weighted by Gasteiger charge is -2.13. The number of hydrogen-bond donors (Lipinski definition) is 2. The number of anilines is 1. The molecule has 1 aromatic carbocycles. The molecule has 1 heterocycles. The van der Waals surface area contributed by atoms with Gasteiger partial charge in [-0.15, -0.1) is 0 Å². The molecular weight excluding hydrogens is 328 g/mol. The summed E-state index contributed by atoms with van der Waals surface area (Å²) in [5.74, 6) is -2.58. The van der Waals surface area contributed by atoms with Gasteiger partial charge in [-0.3, -0.25) is 14.5 Å². The first kappa shape index (κ1) is 17.2. The number of amides is 4. The van der Waals surface area contributed by atoms with Gasteiger partial charge < -0.3 is 10.6 Å². The third-order valence-corrected chi connectivity index (χ3v) is 3.87. The van der Waals surface area contributed by atoms with Crippen molar-refractivity contribution in [2.45, 2.75) is 12.5 Å². The zero-order valence-corrected chi connectivity index (χ0v) is 13.1. The number of carbonyl (C=O) groups excluding carboxylic acids is 3. The van der Waals surface area contributed by atoms with Crippen LogP contribution in [0.3, 0.4) is 0 Å². The molecule has 124 valence electrons. The van der Waals surface area contributed by atoms with Crippen LogP contribution in [-0.2, 0) is 9.59 Å². The highest BCUT2D eigenvalue weighted by Gasteiger charge is 2.38. The summed E-state index contributed by atoms with van der Waals surface area (Å²) in [6.07, 6.45) is 2.36. The van der Waals surface area contributed by atoms with Crippen LogP contribution in [0.4, 0.5) is 19.3 Å². The third-order valence-electron chi connectivity index (χ3n) is 3.22. The largest absolute Gasteiger partial charge is 0.326 e. The van der Waals surface area contributed by atoms with E-state index in [1.54, 1.807) is 11.8 Å². The minimum atomic E-state index is -1.10. The molecule has 0 aliphatic carbocycles. The second-order valence-electron chi connectivity index (χ2n) is 4.88. The molecule has 1 aliphatic rings. The van der Waals surface area contributed by atoms with Gasteiger partial charge in [0.1, 0.15) is 12.6 Å². The van der Waals surface area contributed by atoms with E-state index in [2.05, 4.69) is 10.6 Å². The van der Waals surface area contributed by atoms with E-state index in [0.29, 0.717) is 12.2 Å². The zero-order valence-electron chi connectivity index (χ0n) is 12.3. The Labute approximate surface area is 135 Å². The van der Waals surface area contributed by atoms with Crippen molar-refractivity contribution < 1.29 is 23.2 Å². The Morgan fingerprint density at radius 2 is 2.09 bits per heavy atom. The van der Waals surface area contributed by atoms with Gasteiger partial charge in [-0.1, -0.05) is 0 Å². The maximum Gasteiger partial charge on any atom is 0.325 e. The average Bonchev–Trinajstić information content (AvgIpc) is 2.76. The first-order valence-electron chi connectivity index (χ1n) is 6.78. The number of imide groups is 1. The molecule has 0 bridgehead atoms. The molecule has 0 unspecified atom stereocenters. The van der Waals surface area contributed by atoms with Crippen LogP contribution in [0.15, 0.2) is 18.2 Å². The highest BCUT2D eigenvalue weighted by Crippen LogP contribution is 2.14. The van der Waals surface area contributed by atoms with Crippen molar-refractivity contribution in [2.75, 3.05) is 23.9 Å². The molecule has 9 heteroatoms. The van der Waals surface area contributed by atoms with E-state index in [9.17, 15) is 23.2 Å². The molecular formula is C14H15F2N3O3S. The van der Waals surface area contributed by atoms with Crippen molar-refractivity contribution in [3.05, 3.63) is 29.8 Å². The zero-order chi connectivity index (χ0) is 17.0. The van der Waals surface area contributed by atoms with Gasteiger partial charge in [-0.2, -0.15) is 11.8 Å². The summed E-state index contributed by atoms with van der Waals surface area (Å²) in [6, 6.07) is 1.61. The second-order valence-corrected chi connectivity index (χ2v) is 5.87. The average molecular weight is 343 g/mol. The molecule has 4 amide bonds. The number of rotatable bonds is 6. The van der Waals surface area contributed by atoms with Gasteiger partial charge in [0.25, 0.3) is 5.91 Å². The molecule has 1 aliphatic heterocycles. The van der Waals surface area contributed by atoms with Crippen LogP contribution in [0.25, 0.3) is 0 Å². The van der Waals surface area contributed by atoms with E-state index in [0.717, 1.165) is 17.0 Å². The standard InChI is InChI=1S/C14H15F2N3O3S/c1-23-5-4-11-13(21)19(14(22)18-11)7-12(20)17-8-2-3-9(15)10(16)6-8/h2-3,6,11H,4-5,7H2,1H3,(H,17,20)(H,18,22)/t11-/m1/s1. The number of urea groups is 1. The molecule has 2 N–H and O–H groups in total. The number of halogens is 2. The number of thioether (sulfide) groups is 1. The number of nitrogens with zero attached hydrogens (tertiary/aromatic N) is 1. The van der Waals surface area contributed by atoms with Gasteiger partial charge in [0.15, 0.2) is 11.6 Å². The normalized spacial score (nSPS) is 17.3.